The molecule has 0 fully saturated rings. The van der Waals surface area contributed by atoms with Gasteiger partial charge in [-0.3, -0.25) is 4.79 Å². The molecule has 2 heterocycles. The summed E-state index contributed by atoms with van der Waals surface area (Å²) in [6, 6.07) is 8.43. The molecule has 5 heteroatoms. The fourth-order valence-electron chi connectivity index (χ4n) is 3.24. The van der Waals surface area contributed by atoms with Crippen LogP contribution in [0.25, 0.3) is 5.57 Å². The van der Waals surface area contributed by atoms with Crippen LogP contribution < -0.4 is 10.0 Å². The lowest BCUT2D eigenvalue weighted by molar-refractivity contribution is -0.115. The predicted molar refractivity (Wildman–Crippen MR) is 99.2 cm³/mol. The van der Waals surface area contributed by atoms with Crippen LogP contribution >= 0.6 is 23.3 Å². The van der Waals surface area contributed by atoms with Gasteiger partial charge in [-0.2, -0.15) is 0 Å². The number of aryl methyl sites for hydroxylation is 1. The van der Waals surface area contributed by atoms with E-state index in [0.29, 0.717) is 18.7 Å². The molecule has 0 radical (unpaired) electrons. The van der Waals surface area contributed by atoms with E-state index in [0.717, 1.165) is 29.8 Å². The molecule has 0 spiro atoms. The van der Waals surface area contributed by atoms with Gasteiger partial charge in [0, 0.05) is 33.9 Å². The van der Waals surface area contributed by atoms with E-state index in [1.165, 1.54) is 20.9 Å². The molecule has 2 aliphatic rings. The first kappa shape index (κ1) is 14.8. The molecule has 0 amide bonds. The summed E-state index contributed by atoms with van der Waals surface area (Å²) in [4.78, 5) is 14.7. The van der Waals surface area contributed by atoms with Gasteiger partial charge in [0.1, 0.15) is 0 Å². The lowest BCUT2D eigenvalue weighted by Crippen LogP contribution is -2.23. The zero-order valence-corrected chi connectivity index (χ0v) is 14.6. The highest BCUT2D eigenvalue weighted by molar-refractivity contribution is 8.00. The third-order valence-corrected chi connectivity index (χ3v) is 6.40. The van der Waals surface area contributed by atoms with E-state index in [1.807, 2.05) is 0 Å². The Hall–Kier alpha value is -1.72. The lowest BCUT2D eigenvalue weighted by Gasteiger charge is -2.29. The quantitative estimate of drug-likeness (QED) is 0.761. The Morgan fingerprint density at radius 1 is 1.22 bits per heavy atom. The second kappa shape index (κ2) is 6.06. The molecule has 4 rings (SSSR count). The van der Waals surface area contributed by atoms with E-state index < -0.39 is 0 Å². The SMILES string of the molecule is Cc1sccc1SNc1cccc2c1NCC1=C2CCCC1=O. The minimum atomic E-state index is 0.311. The molecule has 2 N–H and O–H groups in total. The number of rotatable bonds is 3. The van der Waals surface area contributed by atoms with Crippen molar-refractivity contribution >= 4 is 46.0 Å². The summed E-state index contributed by atoms with van der Waals surface area (Å²) in [5, 5.41) is 5.57. The van der Waals surface area contributed by atoms with Gasteiger partial charge in [0.25, 0.3) is 0 Å². The Labute approximate surface area is 144 Å². The average molecular weight is 342 g/mol. The van der Waals surface area contributed by atoms with Gasteiger partial charge in [0.2, 0.25) is 0 Å². The minimum absolute atomic E-state index is 0.311. The van der Waals surface area contributed by atoms with Crippen molar-refractivity contribution < 1.29 is 4.79 Å². The number of allylic oxidation sites excluding steroid dienone is 1. The number of benzene rings is 1. The van der Waals surface area contributed by atoms with Crippen LogP contribution in [0.1, 0.15) is 29.7 Å². The number of nitrogens with one attached hydrogen (secondary N) is 2. The normalized spacial score (nSPS) is 16.7. The van der Waals surface area contributed by atoms with E-state index in [2.05, 4.69) is 46.6 Å². The predicted octanol–water partition coefficient (Wildman–Crippen LogP) is 5.11. The Kier molecular flexibility index (Phi) is 3.91. The Balaban J connectivity index is 1.66. The molecular weight excluding hydrogens is 324 g/mol. The molecule has 0 unspecified atom stereocenters. The summed E-state index contributed by atoms with van der Waals surface area (Å²) in [5.74, 6) is 0.311. The first-order valence-electron chi connectivity index (χ1n) is 7.83. The number of anilines is 2. The summed E-state index contributed by atoms with van der Waals surface area (Å²) in [5.41, 5.74) is 5.63. The van der Waals surface area contributed by atoms with Gasteiger partial charge in [0.05, 0.1) is 11.4 Å². The van der Waals surface area contributed by atoms with E-state index in [-0.39, 0.29) is 0 Å². The second-order valence-electron chi connectivity index (χ2n) is 5.86. The largest absolute Gasteiger partial charge is 0.379 e. The van der Waals surface area contributed by atoms with Crippen LogP contribution in [0.4, 0.5) is 11.4 Å². The second-order valence-corrected chi connectivity index (χ2v) is 7.83. The van der Waals surface area contributed by atoms with Crippen LogP contribution in [0.2, 0.25) is 0 Å². The highest BCUT2D eigenvalue weighted by Crippen LogP contribution is 2.42. The zero-order valence-electron chi connectivity index (χ0n) is 12.9. The van der Waals surface area contributed by atoms with Crippen LogP contribution in [-0.2, 0) is 4.79 Å². The molecule has 1 aliphatic heterocycles. The molecule has 2 aromatic rings. The number of carbonyl (C=O) groups is 1. The van der Waals surface area contributed by atoms with Crippen molar-refractivity contribution in [3.63, 3.8) is 0 Å². The number of hydrogen-bond acceptors (Lipinski definition) is 5. The van der Waals surface area contributed by atoms with Gasteiger partial charge in [0.15, 0.2) is 5.78 Å². The first-order valence-corrected chi connectivity index (χ1v) is 9.53. The van der Waals surface area contributed by atoms with E-state index in [9.17, 15) is 4.79 Å². The third kappa shape index (κ3) is 2.68. The van der Waals surface area contributed by atoms with Gasteiger partial charge in [-0.15, -0.1) is 11.3 Å². The Morgan fingerprint density at radius 2 is 2.13 bits per heavy atom. The summed E-state index contributed by atoms with van der Waals surface area (Å²) < 4.78 is 3.48. The van der Waals surface area contributed by atoms with E-state index in [4.69, 9.17) is 0 Å². The Morgan fingerprint density at radius 3 is 2.96 bits per heavy atom. The molecule has 3 nitrogen and oxygen atoms in total. The Bertz CT molecular complexity index is 807. The van der Waals surface area contributed by atoms with Crippen LogP contribution in [0.3, 0.4) is 0 Å². The van der Waals surface area contributed by atoms with Gasteiger partial charge in [-0.1, -0.05) is 12.1 Å². The maximum absolute atomic E-state index is 12.1. The van der Waals surface area contributed by atoms with Crippen molar-refractivity contribution in [1.82, 2.24) is 0 Å². The first-order chi connectivity index (χ1) is 11.2. The van der Waals surface area contributed by atoms with E-state index in [1.54, 1.807) is 23.3 Å². The smallest absolute Gasteiger partial charge is 0.160 e. The fourth-order valence-corrected chi connectivity index (χ4v) is 4.86. The van der Waals surface area contributed by atoms with Gasteiger partial charge in [-0.25, -0.2) is 0 Å². The van der Waals surface area contributed by atoms with Crippen LogP contribution in [-0.4, -0.2) is 12.3 Å². The van der Waals surface area contributed by atoms with Crippen molar-refractivity contribution in [2.45, 2.75) is 31.1 Å². The average Bonchev–Trinajstić information content (AvgIpc) is 2.98. The molecular formula is C18H18N2OS2. The highest BCUT2D eigenvalue weighted by atomic mass is 32.2. The van der Waals surface area contributed by atoms with Crippen molar-refractivity contribution in [2.24, 2.45) is 0 Å². The van der Waals surface area contributed by atoms with Gasteiger partial charge in [-0.05, 0) is 54.8 Å². The molecule has 0 saturated heterocycles. The monoisotopic (exact) mass is 342 g/mol. The van der Waals surface area contributed by atoms with Crippen molar-refractivity contribution in [1.29, 1.82) is 0 Å². The highest BCUT2D eigenvalue weighted by Gasteiger charge is 2.27. The van der Waals surface area contributed by atoms with Crippen LogP contribution in [0.15, 0.2) is 40.1 Å². The topological polar surface area (TPSA) is 41.1 Å². The van der Waals surface area contributed by atoms with Gasteiger partial charge < -0.3 is 10.0 Å². The molecule has 1 aromatic carbocycles. The number of ketones is 1. The molecule has 23 heavy (non-hydrogen) atoms. The lowest BCUT2D eigenvalue weighted by atomic mass is 9.83. The summed E-state index contributed by atoms with van der Waals surface area (Å²) in [6.45, 7) is 2.79. The number of para-hydroxylation sites is 1. The zero-order chi connectivity index (χ0) is 15.8. The third-order valence-electron chi connectivity index (χ3n) is 4.45. The number of Topliss-reactive ketones (excluding diaryl/α,β-unsaturated/α-hetero) is 1. The van der Waals surface area contributed by atoms with E-state index >= 15 is 0 Å². The fraction of sp³-hybridized carbons (Fsp3) is 0.278. The van der Waals surface area contributed by atoms with Gasteiger partial charge >= 0.3 is 0 Å². The molecule has 0 bridgehead atoms. The van der Waals surface area contributed by atoms with Crippen molar-refractivity contribution in [2.75, 3.05) is 16.6 Å². The van der Waals surface area contributed by atoms with Crippen molar-refractivity contribution in [3.05, 3.63) is 45.7 Å². The number of fused-ring (bicyclic) bond motifs is 2. The maximum Gasteiger partial charge on any atom is 0.160 e. The van der Waals surface area contributed by atoms with Crippen LogP contribution in [0, 0.1) is 6.92 Å². The number of carbonyl (C=O) groups excluding carboxylic acids is 1. The molecule has 0 atom stereocenters. The summed E-state index contributed by atoms with van der Waals surface area (Å²) in [6.07, 6.45) is 2.68. The summed E-state index contributed by atoms with van der Waals surface area (Å²) >= 11 is 3.41. The number of hydrogen-bond donors (Lipinski definition) is 2. The molecule has 118 valence electrons. The van der Waals surface area contributed by atoms with Crippen molar-refractivity contribution in [3.8, 4) is 0 Å². The van der Waals surface area contributed by atoms with Crippen LogP contribution in [0.5, 0.6) is 0 Å². The number of thiophene rings is 1. The minimum Gasteiger partial charge on any atom is -0.379 e. The molecule has 1 aromatic heterocycles. The maximum atomic E-state index is 12.1. The molecule has 0 saturated carbocycles. The summed E-state index contributed by atoms with van der Waals surface area (Å²) in [7, 11) is 0. The standard InChI is InChI=1S/C18H18N2OS2/c1-11-17(8-9-22-11)23-20-15-6-2-5-13-12-4-3-7-16(21)14(12)10-19-18(13)15/h2,5-6,8-9,19-20H,3-4,7,10H2,1H3. The molecule has 1 aliphatic carbocycles.